The second-order valence-corrected chi connectivity index (χ2v) is 9.33. The van der Waals surface area contributed by atoms with E-state index >= 15 is 0 Å². The summed E-state index contributed by atoms with van der Waals surface area (Å²) in [7, 11) is -3.66. The number of nitrogens with zero attached hydrogens (tertiary/aromatic N) is 1. The monoisotopic (exact) mass is 465 g/mol. The molecule has 0 aromatic heterocycles. The Morgan fingerprint density at radius 2 is 1.33 bits per heavy atom. The molecule has 1 fully saturated rings. The van der Waals surface area contributed by atoms with Gasteiger partial charge in [-0.1, -0.05) is 24.3 Å². The van der Waals surface area contributed by atoms with Gasteiger partial charge in [-0.15, -0.1) is 0 Å². The minimum atomic E-state index is -3.66. The predicted molar refractivity (Wildman–Crippen MR) is 125 cm³/mol. The number of ether oxygens (including phenoxy) is 1. The minimum Gasteiger partial charge on any atom is -0.379 e. The van der Waals surface area contributed by atoms with Crippen LogP contribution in [0.5, 0.6) is 0 Å². The first-order chi connectivity index (χ1) is 15.9. The van der Waals surface area contributed by atoms with E-state index in [1.807, 2.05) is 6.07 Å². The highest BCUT2D eigenvalue weighted by Gasteiger charge is 2.26. The van der Waals surface area contributed by atoms with Crippen LogP contribution >= 0.6 is 0 Å². The number of benzene rings is 3. The first kappa shape index (κ1) is 22.7. The van der Waals surface area contributed by atoms with Crippen LogP contribution in [0.25, 0.3) is 0 Å². The zero-order valence-corrected chi connectivity index (χ0v) is 18.5. The zero-order chi connectivity index (χ0) is 23.3. The molecule has 1 saturated heterocycles. The van der Waals surface area contributed by atoms with E-state index in [0.29, 0.717) is 48.8 Å². The van der Waals surface area contributed by atoms with Crippen LogP contribution < -0.4 is 10.6 Å². The van der Waals surface area contributed by atoms with Gasteiger partial charge in [-0.25, -0.2) is 8.42 Å². The van der Waals surface area contributed by atoms with Crippen molar-refractivity contribution in [1.29, 1.82) is 0 Å². The SMILES string of the molecule is O=C(Nc1ccc(C(=O)Nc2cccc(S(=O)(=O)N3CCOCC3)c2)cc1)c1ccccc1. The lowest BCUT2D eigenvalue weighted by Gasteiger charge is -2.26. The van der Waals surface area contributed by atoms with Crippen LogP contribution in [-0.2, 0) is 14.8 Å². The van der Waals surface area contributed by atoms with Gasteiger partial charge in [-0.2, -0.15) is 4.31 Å². The fraction of sp³-hybridized carbons (Fsp3) is 0.167. The molecular weight excluding hydrogens is 442 g/mol. The first-order valence-corrected chi connectivity index (χ1v) is 11.8. The third-order valence-corrected chi connectivity index (χ3v) is 7.04. The van der Waals surface area contributed by atoms with Crippen molar-refractivity contribution in [1.82, 2.24) is 4.31 Å². The number of anilines is 2. The molecule has 3 aromatic carbocycles. The van der Waals surface area contributed by atoms with Gasteiger partial charge < -0.3 is 15.4 Å². The number of morpholine rings is 1. The van der Waals surface area contributed by atoms with Crippen LogP contribution in [0.15, 0.2) is 83.8 Å². The molecule has 4 rings (SSSR count). The summed E-state index contributed by atoms with van der Waals surface area (Å²) in [5.41, 5.74) is 1.83. The van der Waals surface area contributed by atoms with Gasteiger partial charge in [0.1, 0.15) is 0 Å². The van der Waals surface area contributed by atoms with E-state index in [4.69, 9.17) is 4.74 Å². The zero-order valence-electron chi connectivity index (χ0n) is 17.7. The molecule has 0 spiro atoms. The number of hydrogen-bond acceptors (Lipinski definition) is 5. The third kappa shape index (κ3) is 5.46. The van der Waals surface area contributed by atoms with Crippen molar-refractivity contribution in [2.24, 2.45) is 0 Å². The summed E-state index contributed by atoms with van der Waals surface area (Å²) in [4.78, 5) is 25.0. The highest BCUT2D eigenvalue weighted by Crippen LogP contribution is 2.21. The Labute approximate surface area is 192 Å². The van der Waals surface area contributed by atoms with Crippen molar-refractivity contribution in [3.63, 3.8) is 0 Å². The molecule has 1 aliphatic heterocycles. The summed E-state index contributed by atoms with van der Waals surface area (Å²) in [5, 5.41) is 5.50. The van der Waals surface area contributed by atoms with Crippen LogP contribution in [0.1, 0.15) is 20.7 Å². The highest BCUT2D eigenvalue weighted by atomic mass is 32.2. The second-order valence-electron chi connectivity index (χ2n) is 7.40. The largest absolute Gasteiger partial charge is 0.379 e. The molecular formula is C24H23N3O5S. The quantitative estimate of drug-likeness (QED) is 0.582. The maximum Gasteiger partial charge on any atom is 0.255 e. The summed E-state index contributed by atoms with van der Waals surface area (Å²) >= 11 is 0. The lowest BCUT2D eigenvalue weighted by molar-refractivity contribution is 0.0730. The molecule has 9 heteroatoms. The van der Waals surface area contributed by atoms with Crippen molar-refractivity contribution >= 4 is 33.2 Å². The fourth-order valence-corrected chi connectivity index (χ4v) is 4.83. The van der Waals surface area contributed by atoms with E-state index in [1.54, 1.807) is 60.7 Å². The molecule has 0 bridgehead atoms. The smallest absolute Gasteiger partial charge is 0.255 e. The lowest BCUT2D eigenvalue weighted by atomic mass is 10.1. The normalized spacial score (nSPS) is 14.4. The molecule has 8 nitrogen and oxygen atoms in total. The molecule has 2 N–H and O–H groups in total. The van der Waals surface area contributed by atoms with Crippen molar-refractivity contribution < 1.29 is 22.7 Å². The Hall–Kier alpha value is -3.53. The van der Waals surface area contributed by atoms with Crippen LogP contribution in [0.4, 0.5) is 11.4 Å². The van der Waals surface area contributed by atoms with Gasteiger partial charge in [-0.05, 0) is 54.6 Å². The van der Waals surface area contributed by atoms with E-state index in [2.05, 4.69) is 10.6 Å². The van der Waals surface area contributed by atoms with Gasteiger partial charge in [-0.3, -0.25) is 9.59 Å². The van der Waals surface area contributed by atoms with Crippen molar-refractivity contribution in [3.8, 4) is 0 Å². The van der Waals surface area contributed by atoms with Crippen LogP contribution in [0, 0.1) is 0 Å². The fourth-order valence-electron chi connectivity index (χ4n) is 3.37. The molecule has 0 unspecified atom stereocenters. The standard InChI is InChI=1S/C24H23N3O5S/c28-23(18-5-2-1-3-6-18)25-20-11-9-19(10-12-20)24(29)26-21-7-4-8-22(17-21)33(30,31)27-13-15-32-16-14-27/h1-12,17H,13-16H2,(H,25,28)(H,26,29). The topological polar surface area (TPSA) is 105 Å². The van der Waals surface area contributed by atoms with Crippen molar-refractivity contribution in [2.75, 3.05) is 36.9 Å². The lowest BCUT2D eigenvalue weighted by Crippen LogP contribution is -2.40. The summed E-state index contributed by atoms with van der Waals surface area (Å²) in [6, 6.07) is 21.4. The van der Waals surface area contributed by atoms with Gasteiger partial charge in [0.15, 0.2) is 0 Å². The molecule has 0 radical (unpaired) electrons. The van der Waals surface area contributed by atoms with Crippen LogP contribution in [0.3, 0.4) is 0 Å². The number of hydrogen-bond donors (Lipinski definition) is 2. The first-order valence-electron chi connectivity index (χ1n) is 10.4. The van der Waals surface area contributed by atoms with Crippen molar-refractivity contribution in [3.05, 3.63) is 90.0 Å². The number of nitrogens with one attached hydrogen (secondary N) is 2. The van der Waals surface area contributed by atoms with E-state index in [-0.39, 0.29) is 10.8 Å². The van der Waals surface area contributed by atoms with E-state index in [0.717, 1.165) is 0 Å². The number of amides is 2. The van der Waals surface area contributed by atoms with E-state index in [1.165, 1.54) is 16.4 Å². The number of sulfonamides is 1. The Bertz CT molecular complexity index is 1240. The molecule has 33 heavy (non-hydrogen) atoms. The van der Waals surface area contributed by atoms with Gasteiger partial charge >= 0.3 is 0 Å². The van der Waals surface area contributed by atoms with Gasteiger partial charge in [0.2, 0.25) is 10.0 Å². The molecule has 0 saturated carbocycles. The van der Waals surface area contributed by atoms with Gasteiger partial charge in [0.05, 0.1) is 18.1 Å². The maximum atomic E-state index is 12.8. The average Bonchev–Trinajstić information content (AvgIpc) is 2.85. The number of carbonyl (C=O) groups excluding carboxylic acids is 2. The Kier molecular flexibility index (Phi) is 6.83. The third-order valence-electron chi connectivity index (χ3n) is 5.14. The Balaban J connectivity index is 1.42. The summed E-state index contributed by atoms with van der Waals surface area (Å²) in [6.07, 6.45) is 0. The molecule has 2 amide bonds. The Morgan fingerprint density at radius 3 is 2.00 bits per heavy atom. The van der Waals surface area contributed by atoms with Gasteiger partial charge in [0, 0.05) is 35.6 Å². The highest BCUT2D eigenvalue weighted by molar-refractivity contribution is 7.89. The maximum absolute atomic E-state index is 12.8. The van der Waals surface area contributed by atoms with E-state index in [9.17, 15) is 18.0 Å². The number of carbonyl (C=O) groups is 2. The van der Waals surface area contributed by atoms with Crippen LogP contribution in [0.2, 0.25) is 0 Å². The van der Waals surface area contributed by atoms with Crippen LogP contribution in [-0.4, -0.2) is 50.8 Å². The molecule has 1 aliphatic rings. The molecule has 0 atom stereocenters. The summed E-state index contributed by atoms with van der Waals surface area (Å²) < 4.78 is 32.3. The van der Waals surface area contributed by atoms with Crippen molar-refractivity contribution in [2.45, 2.75) is 4.90 Å². The second kappa shape index (κ2) is 9.95. The molecule has 170 valence electrons. The minimum absolute atomic E-state index is 0.112. The van der Waals surface area contributed by atoms with E-state index < -0.39 is 15.9 Å². The molecule has 3 aromatic rings. The van der Waals surface area contributed by atoms with Gasteiger partial charge in [0.25, 0.3) is 11.8 Å². The Morgan fingerprint density at radius 1 is 0.727 bits per heavy atom. The number of rotatable bonds is 6. The summed E-state index contributed by atoms with van der Waals surface area (Å²) in [5.74, 6) is -0.636. The molecule has 0 aliphatic carbocycles. The average molecular weight is 466 g/mol. The predicted octanol–water partition coefficient (Wildman–Crippen LogP) is 3.21. The summed E-state index contributed by atoms with van der Waals surface area (Å²) in [6.45, 7) is 1.31. The molecule has 1 heterocycles.